The van der Waals surface area contributed by atoms with Crippen molar-refractivity contribution in [2.24, 2.45) is 5.92 Å². The molecule has 2 rings (SSSR count). The van der Waals surface area contributed by atoms with Gasteiger partial charge in [-0.2, -0.15) is 0 Å². The van der Waals surface area contributed by atoms with E-state index in [0.29, 0.717) is 17.9 Å². The number of carbonyl (C=O) groups excluding carboxylic acids is 1. The average molecular weight is 275 g/mol. The molecule has 0 atom stereocenters. The van der Waals surface area contributed by atoms with Crippen LogP contribution in [0.4, 0.5) is 0 Å². The normalized spacial score (nSPS) is 21.6. The Hall–Kier alpha value is -0.280. The van der Waals surface area contributed by atoms with Gasteiger partial charge in [-0.1, -0.05) is 12.8 Å². The van der Waals surface area contributed by atoms with Gasteiger partial charge in [0.05, 0.1) is 0 Å². The van der Waals surface area contributed by atoms with Crippen LogP contribution in [0.3, 0.4) is 0 Å². The molecule has 1 amide bonds. The molecule has 0 bridgehead atoms. The molecule has 1 N–H and O–H groups in total. The Morgan fingerprint density at radius 2 is 1.78 bits per heavy atom. The summed E-state index contributed by atoms with van der Waals surface area (Å²) in [6.45, 7) is 5.20. The summed E-state index contributed by atoms with van der Waals surface area (Å²) in [5.74, 6) is 1.03. The van der Waals surface area contributed by atoms with Gasteiger partial charge < -0.3 is 10.2 Å². The number of carbonyl (C=O) groups is 1. The number of halogens is 1. The van der Waals surface area contributed by atoms with Gasteiger partial charge in [0, 0.05) is 19.0 Å². The monoisotopic (exact) mass is 274 g/mol. The maximum absolute atomic E-state index is 12.3. The molecule has 0 unspecified atom stereocenters. The summed E-state index contributed by atoms with van der Waals surface area (Å²) in [5.41, 5.74) is 0. The smallest absolute Gasteiger partial charge is 0.223 e. The van der Waals surface area contributed by atoms with Crippen LogP contribution in [0.15, 0.2) is 0 Å². The summed E-state index contributed by atoms with van der Waals surface area (Å²) in [5, 5.41) is 3.36. The molecule has 2 fully saturated rings. The average Bonchev–Trinajstić information content (AvgIpc) is 2.85. The van der Waals surface area contributed by atoms with Gasteiger partial charge in [0.25, 0.3) is 0 Å². The van der Waals surface area contributed by atoms with E-state index in [-0.39, 0.29) is 12.4 Å². The van der Waals surface area contributed by atoms with E-state index in [1.165, 1.54) is 38.5 Å². The number of hydrogen-bond donors (Lipinski definition) is 1. The lowest BCUT2D eigenvalue weighted by molar-refractivity contribution is -0.134. The van der Waals surface area contributed by atoms with Crippen molar-refractivity contribution in [3.8, 4) is 0 Å². The summed E-state index contributed by atoms with van der Waals surface area (Å²) in [4.78, 5) is 14.5. The van der Waals surface area contributed by atoms with Gasteiger partial charge in [-0.3, -0.25) is 4.79 Å². The van der Waals surface area contributed by atoms with Crippen LogP contribution in [-0.2, 0) is 4.79 Å². The van der Waals surface area contributed by atoms with Gasteiger partial charge in [-0.25, -0.2) is 0 Å². The Morgan fingerprint density at radius 3 is 2.33 bits per heavy atom. The number of hydrogen-bond acceptors (Lipinski definition) is 2. The Kier molecular flexibility index (Phi) is 7.02. The summed E-state index contributed by atoms with van der Waals surface area (Å²) in [6, 6.07) is 0.550. The first-order valence-corrected chi connectivity index (χ1v) is 7.31. The number of nitrogens with one attached hydrogen (secondary N) is 1. The molecule has 106 valence electrons. The van der Waals surface area contributed by atoms with Crippen molar-refractivity contribution >= 4 is 18.3 Å². The van der Waals surface area contributed by atoms with Crippen LogP contribution in [0.5, 0.6) is 0 Å². The number of nitrogens with zero attached hydrogens (tertiary/aromatic N) is 1. The highest BCUT2D eigenvalue weighted by molar-refractivity contribution is 5.85. The molecule has 0 aromatic carbocycles. The van der Waals surface area contributed by atoms with Crippen molar-refractivity contribution < 1.29 is 4.79 Å². The Balaban J connectivity index is 0.00000162. The third-order valence-electron chi connectivity index (χ3n) is 4.35. The maximum atomic E-state index is 12.3. The van der Waals surface area contributed by atoms with E-state index in [1.807, 2.05) is 0 Å². The molecule has 3 nitrogen and oxygen atoms in total. The van der Waals surface area contributed by atoms with Crippen LogP contribution in [0.2, 0.25) is 0 Å². The predicted molar refractivity (Wildman–Crippen MR) is 77.1 cm³/mol. The van der Waals surface area contributed by atoms with Crippen LogP contribution < -0.4 is 5.32 Å². The first kappa shape index (κ1) is 15.8. The van der Waals surface area contributed by atoms with Crippen LogP contribution in [-0.4, -0.2) is 36.5 Å². The molecule has 1 saturated carbocycles. The molecule has 2 aliphatic rings. The highest BCUT2D eigenvalue weighted by Gasteiger charge is 2.27. The molecule has 0 aromatic heterocycles. The fourth-order valence-corrected chi connectivity index (χ4v) is 3.30. The van der Waals surface area contributed by atoms with Crippen molar-refractivity contribution in [3.63, 3.8) is 0 Å². The Bertz CT molecular complexity index is 248. The SMILES string of the molecule is CCN(C(=O)CC1CCNCC1)C1CCCC1.Cl. The predicted octanol–water partition coefficient (Wildman–Crippen LogP) is 2.59. The lowest BCUT2D eigenvalue weighted by Crippen LogP contribution is -2.40. The summed E-state index contributed by atoms with van der Waals surface area (Å²) in [6.07, 6.45) is 8.20. The van der Waals surface area contributed by atoms with E-state index < -0.39 is 0 Å². The minimum atomic E-state index is 0. The quantitative estimate of drug-likeness (QED) is 0.855. The van der Waals surface area contributed by atoms with Gasteiger partial charge in [-0.05, 0) is 51.6 Å². The van der Waals surface area contributed by atoms with E-state index in [9.17, 15) is 4.79 Å². The minimum absolute atomic E-state index is 0. The van der Waals surface area contributed by atoms with E-state index in [4.69, 9.17) is 0 Å². The van der Waals surface area contributed by atoms with Crippen LogP contribution in [0.25, 0.3) is 0 Å². The second kappa shape index (κ2) is 8.00. The fourth-order valence-electron chi connectivity index (χ4n) is 3.30. The fraction of sp³-hybridized carbons (Fsp3) is 0.929. The molecule has 0 radical (unpaired) electrons. The Morgan fingerprint density at radius 1 is 1.17 bits per heavy atom. The van der Waals surface area contributed by atoms with E-state index in [1.54, 1.807) is 0 Å². The second-order valence-corrected chi connectivity index (χ2v) is 5.52. The third kappa shape index (κ3) is 4.13. The first-order valence-electron chi connectivity index (χ1n) is 7.31. The van der Waals surface area contributed by atoms with Crippen molar-refractivity contribution in [3.05, 3.63) is 0 Å². The van der Waals surface area contributed by atoms with Gasteiger partial charge in [-0.15, -0.1) is 12.4 Å². The lowest BCUT2D eigenvalue weighted by Gasteiger charge is -2.30. The molecular weight excluding hydrogens is 248 g/mol. The summed E-state index contributed by atoms with van der Waals surface area (Å²) in [7, 11) is 0. The molecule has 1 saturated heterocycles. The molecule has 1 heterocycles. The van der Waals surface area contributed by atoms with Crippen molar-refractivity contribution in [2.45, 2.75) is 57.9 Å². The zero-order valence-corrected chi connectivity index (χ0v) is 12.3. The molecule has 0 spiro atoms. The molecule has 4 heteroatoms. The Labute approximate surface area is 117 Å². The van der Waals surface area contributed by atoms with Gasteiger partial charge in [0.15, 0.2) is 0 Å². The van der Waals surface area contributed by atoms with Crippen LogP contribution in [0, 0.1) is 5.92 Å². The summed E-state index contributed by atoms with van der Waals surface area (Å²) < 4.78 is 0. The van der Waals surface area contributed by atoms with Crippen molar-refractivity contribution in [1.82, 2.24) is 10.2 Å². The standard InChI is InChI=1S/C14H26N2O.ClH/c1-2-16(13-5-3-4-6-13)14(17)11-12-7-9-15-10-8-12;/h12-13,15H,2-11H2,1H3;1H. The lowest BCUT2D eigenvalue weighted by atomic mass is 9.94. The molecule has 1 aliphatic heterocycles. The van der Waals surface area contributed by atoms with Crippen LogP contribution in [0.1, 0.15) is 51.9 Å². The largest absolute Gasteiger partial charge is 0.340 e. The van der Waals surface area contributed by atoms with Gasteiger partial charge in [0.1, 0.15) is 0 Å². The van der Waals surface area contributed by atoms with Gasteiger partial charge >= 0.3 is 0 Å². The van der Waals surface area contributed by atoms with Crippen LogP contribution >= 0.6 is 12.4 Å². The highest BCUT2D eigenvalue weighted by atomic mass is 35.5. The number of rotatable bonds is 4. The van der Waals surface area contributed by atoms with E-state index >= 15 is 0 Å². The zero-order valence-electron chi connectivity index (χ0n) is 11.5. The number of amides is 1. The maximum Gasteiger partial charge on any atom is 0.223 e. The summed E-state index contributed by atoms with van der Waals surface area (Å²) >= 11 is 0. The molecular formula is C14H27ClN2O. The first-order chi connectivity index (χ1) is 8.31. The topological polar surface area (TPSA) is 32.3 Å². The highest BCUT2D eigenvalue weighted by Crippen LogP contribution is 2.25. The van der Waals surface area contributed by atoms with Gasteiger partial charge in [0.2, 0.25) is 5.91 Å². The van der Waals surface area contributed by atoms with E-state index in [2.05, 4.69) is 17.1 Å². The third-order valence-corrected chi connectivity index (χ3v) is 4.35. The molecule has 0 aromatic rings. The van der Waals surface area contributed by atoms with Crippen molar-refractivity contribution in [1.29, 1.82) is 0 Å². The zero-order chi connectivity index (χ0) is 12.1. The van der Waals surface area contributed by atoms with E-state index in [0.717, 1.165) is 26.1 Å². The molecule has 1 aliphatic carbocycles. The molecule has 18 heavy (non-hydrogen) atoms. The minimum Gasteiger partial charge on any atom is -0.340 e. The van der Waals surface area contributed by atoms with Crippen molar-refractivity contribution in [2.75, 3.05) is 19.6 Å². The number of piperidine rings is 1. The second-order valence-electron chi connectivity index (χ2n) is 5.52.